The molecule has 0 aromatic carbocycles. The third kappa shape index (κ3) is 2.53. The Balaban J connectivity index is 1.46. The number of nitrogens with one attached hydrogen (secondary N) is 1. The second-order valence-corrected chi connectivity index (χ2v) is 6.87. The molecule has 6 nitrogen and oxygen atoms in total. The number of hydrogen-bond donors (Lipinski definition) is 1. The van der Waals surface area contributed by atoms with Crippen molar-refractivity contribution < 1.29 is 4.79 Å². The number of rotatable bonds is 2. The van der Waals surface area contributed by atoms with Gasteiger partial charge in [0.25, 0.3) is 0 Å². The van der Waals surface area contributed by atoms with Crippen LogP contribution in [0, 0.1) is 5.92 Å². The van der Waals surface area contributed by atoms with Crippen LogP contribution in [0.1, 0.15) is 62.6 Å². The summed E-state index contributed by atoms with van der Waals surface area (Å²) in [5.41, 5.74) is 0. The molecule has 1 aromatic heterocycles. The second-order valence-electron chi connectivity index (χ2n) is 6.87. The van der Waals surface area contributed by atoms with Gasteiger partial charge in [0.05, 0.1) is 12.6 Å². The lowest BCUT2D eigenvalue weighted by atomic mass is 9.88. The van der Waals surface area contributed by atoms with Gasteiger partial charge in [-0.2, -0.15) is 0 Å². The Labute approximate surface area is 131 Å². The first kappa shape index (κ1) is 14.2. The normalized spacial score (nSPS) is 26.2. The van der Waals surface area contributed by atoms with Crippen LogP contribution in [0.5, 0.6) is 0 Å². The molecule has 0 spiro atoms. The van der Waals surface area contributed by atoms with E-state index in [9.17, 15) is 4.79 Å². The van der Waals surface area contributed by atoms with Gasteiger partial charge in [-0.15, -0.1) is 10.2 Å². The van der Waals surface area contributed by atoms with Crippen LogP contribution >= 0.6 is 0 Å². The van der Waals surface area contributed by atoms with E-state index in [-0.39, 0.29) is 5.92 Å². The molecule has 2 fully saturated rings. The van der Waals surface area contributed by atoms with Crippen LogP contribution in [0.15, 0.2) is 0 Å². The zero-order chi connectivity index (χ0) is 14.9. The summed E-state index contributed by atoms with van der Waals surface area (Å²) in [6.07, 6.45) is 8.19. The molecule has 1 saturated carbocycles. The second kappa shape index (κ2) is 5.99. The molecule has 120 valence electrons. The molecule has 0 radical (unpaired) electrons. The summed E-state index contributed by atoms with van der Waals surface area (Å²) in [4.78, 5) is 14.7. The average molecular weight is 303 g/mol. The minimum atomic E-state index is 0.249. The maximum Gasteiger partial charge on any atom is 0.226 e. The van der Waals surface area contributed by atoms with Crippen molar-refractivity contribution in [3.63, 3.8) is 0 Å². The zero-order valence-corrected chi connectivity index (χ0v) is 13.1. The molecule has 1 aromatic rings. The van der Waals surface area contributed by atoms with Crippen molar-refractivity contribution >= 4 is 5.91 Å². The molecule has 22 heavy (non-hydrogen) atoms. The lowest BCUT2D eigenvalue weighted by molar-refractivity contribution is -0.138. The predicted octanol–water partition coefficient (Wildman–Crippen LogP) is 1.63. The Kier molecular flexibility index (Phi) is 3.86. The van der Waals surface area contributed by atoms with Crippen LogP contribution in [0.4, 0.5) is 0 Å². The smallest absolute Gasteiger partial charge is 0.226 e. The highest BCUT2D eigenvalue weighted by Crippen LogP contribution is 2.28. The van der Waals surface area contributed by atoms with Crippen LogP contribution in [-0.4, -0.2) is 38.7 Å². The van der Waals surface area contributed by atoms with E-state index in [0.717, 1.165) is 50.5 Å². The minimum Gasteiger partial charge on any atom is -0.333 e. The van der Waals surface area contributed by atoms with Crippen molar-refractivity contribution in [2.24, 2.45) is 5.92 Å². The SMILES string of the molecule is O=C(C1CCCCC1)N1CCn2c(nnc2[C@H]2CCCN2)C1. The molecule has 2 aliphatic heterocycles. The van der Waals surface area contributed by atoms with Gasteiger partial charge in [0.1, 0.15) is 5.82 Å². The van der Waals surface area contributed by atoms with Crippen LogP contribution < -0.4 is 5.32 Å². The topological polar surface area (TPSA) is 63.1 Å². The quantitative estimate of drug-likeness (QED) is 0.902. The molecular weight excluding hydrogens is 278 g/mol. The monoisotopic (exact) mass is 303 g/mol. The third-order valence-electron chi connectivity index (χ3n) is 5.42. The average Bonchev–Trinajstić information content (AvgIpc) is 3.23. The molecular formula is C16H25N5O. The highest BCUT2D eigenvalue weighted by atomic mass is 16.2. The molecule has 6 heteroatoms. The molecule has 1 atom stereocenters. The van der Waals surface area contributed by atoms with E-state index in [1.807, 2.05) is 4.90 Å². The number of hydrogen-bond acceptors (Lipinski definition) is 4. The van der Waals surface area contributed by atoms with E-state index in [1.54, 1.807) is 0 Å². The number of carbonyl (C=O) groups excluding carboxylic acids is 1. The van der Waals surface area contributed by atoms with Crippen molar-refractivity contribution in [2.45, 2.75) is 64.1 Å². The Morgan fingerprint density at radius 3 is 2.68 bits per heavy atom. The van der Waals surface area contributed by atoms with Crippen molar-refractivity contribution in [2.75, 3.05) is 13.1 Å². The maximum absolute atomic E-state index is 12.7. The highest BCUT2D eigenvalue weighted by molar-refractivity contribution is 5.79. The van der Waals surface area contributed by atoms with Gasteiger partial charge in [0.15, 0.2) is 5.82 Å². The van der Waals surface area contributed by atoms with Gasteiger partial charge >= 0.3 is 0 Å². The minimum absolute atomic E-state index is 0.249. The number of amides is 1. The van der Waals surface area contributed by atoms with Gasteiger partial charge in [-0.1, -0.05) is 19.3 Å². The van der Waals surface area contributed by atoms with Crippen LogP contribution in [0.2, 0.25) is 0 Å². The van der Waals surface area contributed by atoms with Crippen molar-refractivity contribution in [3.8, 4) is 0 Å². The van der Waals surface area contributed by atoms with E-state index in [2.05, 4.69) is 20.1 Å². The van der Waals surface area contributed by atoms with Gasteiger partial charge in [0.2, 0.25) is 5.91 Å². The summed E-state index contributed by atoms with van der Waals surface area (Å²) in [6, 6.07) is 0.349. The molecule has 1 N–H and O–H groups in total. The Morgan fingerprint density at radius 2 is 1.91 bits per heavy atom. The molecule has 1 saturated heterocycles. The standard InChI is InChI=1S/C16H25N5O/c22-16(12-5-2-1-3-6-12)20-9-10-21-14(11-20)18-19-15(21)13-7-4-8-17-13/h12-13,17H,1-11H2/t13-/m1/s1. The maximum atomic E-state index is 12.7. The molecule has 0 unspecified atom stereocenters. The molecule has 4 rings (SSSR count). The number of aromatic nitrogens is 3. The lowest BCUT2D eigenvalue weighted by Crippen LogP contribution is -2.42. The molecule has 1 amide bonds. The first-order chi connectivity index (χ1) is 10.8. The van der Waals surface area contributed by atoms with Gasteiger partial charge in [0, 0.05) is 19.0 Å². The largest absolute Gasteiger partial charge is 0.333 e. The molecule has 3 heterocycles. The number of carbonyl (C=O) groups is 1. The summed E-state index contributed by atoms with van der Waals surface area (Å²) in [5, 5.41) is 12.2. The molecule has 1 aliphatic carbocycles. The van der Waals surface area contributed by atoms with Crippen LogP contribution in [0.25, 0.3) is 0 Å². The van der Waals surface area contributed by atoms with E-state index in [1.165, 1.54) is 25.7 Å². The summed E-state index contributed by atoms with van der Waals surface area (Å²) < 4.78 is 2.23. The summed E-state index contributed by atoms with van der Waals surface area (Å²) in [5.74, 6) is 2.62. The van der Waals surface area contributed by atoms with Crippen molar-refractivity contribution in [1.29, 1.82) is 0 Å². The van der Waals surface area contributed by atoms with Gasteiger partial charge < -0.3 is 14.8 Å². The van der Waals surface area contributed by atoms with Gasteiger partial charge in [-0.25, -0.2) is 0 Å². The Hall–Kier alpha value is -1.43. The molecule has 0 bridgehead atoms. The van der Waals surface area contributed by atoms with E-state index >= 15 is 0 Å². The van der Waals surface area contributed by atoms with Crippen molar-refractivity contribution in [1.82, 2.24) is 25.0 Å². The number of fused-ring (bicyclic) bond motifs is 1. The first-order valence-corrected chi connectivity index (χ1v) is 8.77. The van der Waals surface area contributed by atoms with E-state index < -0.39 is 0 Å². The van der Waals surface area contributed by atoms with Gasteiger partial charge in [-0.05, 0) is 32.2 Å². The van der Waals surface area contributed by atoms with Crippen LogP contribution in [0.3, 0.4) is 0 Å². The lowest BCUT2D eigenvalue weighted by Gasteiger charge is -2.32. The predicted molar refractivity (Wildman–Crippen MR) is 82.0 cm³/mol. The Morgan fingerprint density at radius 1 is 1.05 bits per heavy atom. The molecule has 3 aliphatic rings. The van der Waals surface area contributed by atoms with E-state index in [4.69, 9.17) is 0 Å². The summed E-state index contributed by atoms with van der Waals surface area (Å²) >= 11 is 0. The van der Waals surface area contributed by atoms with Gasteiger partial charge in [-0.3, -0.25) is 4.79 Å². The highest BCUT2D eigenvalue weighted by Gasteiger charge is 2.31. The number of nitrogens with zero attached hydrogens (tertiary/aromatic N) is 4. The van der Waals surface area contributed by atoms with Crippen LogP contribution in [-0.2, 0) is 17.9 Å². The fourth-order valence-electron chi connectivity index (χ4n) is 4.14. The van der Waals surface area contributed by atoms with E-state index in [0.29, 0.717) is 18.5 Å². The van der Waals surface area contributed by atoms with Crippen molar-refractivity contribution in [3.05, 3.63) is 11.6 Å². The fourth-order valence-corrected chi connectivity index (χ4v) is 4.14. The summed E-state index contributed by atoms with van der Waals surface area (Å²) in [6.45, 7) is 3.35. The fraction of sp³-hybridized carbons (Fsp3) is 0.812. The third-order valence-corrected chi connectivity index (χ3v) is 5.42. The first-order valence-electron chi connectivity index (χ1n) is 8.77. The summed E-state index contributed by atoms with van der Waals surface area (Å²) in [7, 11) is 0. The zero-order valence-electron chi connectivity index (χ0n) is 13.1. The Bertz CT molecular complexity index is 543.